The van der Waals surface area contributed by atoms with Gasteiger partial charge in [-0.2, -0.15) is 4.68 Å². The van der Waals surface area contributed by atoms with Gasteiger partial charge in [0.05, 0.1) is 11.4 Å². The Kier molecular flexibility index (Phi) is 5.68. The average molecular weight is 429 g/mol. The highest BCUT2D eigenvalue weighted by molar-refractivity contribution is 7.99. The minimum Gasteiger partial charge on any atom is -0.338 e. The first-order chi connectivity index (χ1) is 14.1. The van der Waals surface area contributed by atoms with Gasteiger partial charge in [-0.25, -0.2) is 4.98 Å². The molecule has 0 spiro atoms. The SMILES string of the molecule is CCSc1nc2ccsc2c(=O)n1NC(=O)C1CC(=O)N(Cc2ccccc2)C1. The number of amides is 2. The van der Waals surface area contributed by atoms with Gasteiger partial charge in [0.1, 0.15) is 4.70 Å². The zero-order chi connectivity index (χ0) is 20.4. The third kappa shape index (κ3) is 4.06. The highest BCUT2D eigenvalue weighted by Gasteiger charge is 2.34. The molecule has 1 N–H and O–H groups in total. The predicted octanol–water partition coefficient (Wildman–Crippen LogP) is 2.69. The Morgan fingerprint density at radius 3 is 2.83 bits per heavy atom. The fraction of sp³-hybridized carbons (Fsp3) is 0.300. The van der Waals surface area contributed by atoms with Crippen LogP contribution in [0.4, 0.5) is 0 Å². The molecule has 1 atom stereocenters. The number of thiophene rings is 1. The third-order valence-corrected chi connectivity index (χ3v) is 6.46. The average Bonchev–Trinajstić information content (AvgIpc) is 3.33. The van der Waals surface area contributed by atoms with Crippen LogP contribution in [-0.4, -0.2) is 38.7 Å². The summed E-state index contributed by atoms with van der Waals surface area (Å²) in [6.07, 6.45) is 0.137. The molecule has 3 heterocycles. The summed E-state index contributed by atoms with van der Waals surface area (Å²) in [7, 11) is 0. The number of rotatable bonds is 6. The molecule has 1 aliphatic heterocycles. The van der Waals surface area contributed by atoms with Crippen molar-refractivity contribution in [3.8, 4) is 0 Å². The van der Waals surface area contributed by atoms with Gasteiger partial charge in [-0.15, -0.1) is 11.3 Å². The molecule has 9 heteroatoms. The van der Waals surface area contributed by atoms with E-state index in [1.807, 2.05) is 42.6 Å². The van der Waals surface area contributed by atoms with E-state index in [0.717, 1.165) is 5.56 Å². The number of nitrogens with zero attached hydrogens (tertiary/aromatic N) is 3. The topological polar surface area (TPSA) is 84.3 Å². The van der Waals surface area contributed by atoms with Crippen molar-refractivity contribution >= 4 is 45.1 Å². The highest BCUT2D eigenvalue weighted by atomic mass is 32.2. The first kappa shape index (κ1) is 19.7. The van der Waals surface area contributed by atoms with Crippen molar-refractivity contribution in [2.45, 2.75) is 25.0 Å². The van der Waals surface area contributed by atoms with Crippen molar-refractivity contribution in [3.05, 3.63) is 57.7 Å². The van der Waals surface area contributed by atoms with Crippen LogP contribution in [0.3, 0.4) is 0 Å². The molecule has 1 fully saturated rings. The number of thioether (sulfide) groups is 1. The molecule has 4 rings (SSSR count). The molecule has 2 amide bonds. The second-order valence-electron chi connectivity index (χ2n) is 6.74. The van der Waals surface area contributed by atoms with Crippen molar-refractivity contribution < 1.29 is 9.59 Å². The molecular formula is C20H20N4O3S2. The fourth-order valence-corrected chi connectivity index (χ4v) is 4.76. The van der Waals surface area contributed by atoms with Crippen LogP contribution in [0.2, 0.25) is 0 Å². The standard InChI is InChI=1S/C20H20N4O3S2/c1-2-28-20-21-15-8-9-29-17(15)19(27)24(20)22-18(26)14-10-16(25)23(12-14)11-13-6-4-3-5-7-13/h3-9,14H,2,10-12H2,1H3,(H,22,26). The van der Waals surface area contributed by atoms with Crippen LogP contribution in [0.25, 0.3) is 10.2 Å². The van der Waals surface area contributed by atoms with Crippen molar-refractivity contribution in [2.24, 2.45) is 5.92 Å². The first-order valence-corrected chi connectivity index (χ1v) is 11.2. The number of fused-ring (bicyclic) bond motifs is 1. The molecule has 0 saturated carbocycles. The van der Waals surface area contributed by atoms with Gasteiger partial charge in [0.15, 0.2) is 5.16 Å². The Labute approximate surface area is 175 Å². The summed E-state index contributed by atoms with van der Waals surface area (Å²) in [5, 5.41) is 2.25. The lowest BCUT2D eigenvalue weighted by Gasteiger charge is -2.17. The molecule has 1 unspecified atom stereocenters. The Morgan fingerprint density at radius 2 is 2.07 bits per heavy atom. The maximum absolute atomic E-state index is 12.9. The summed E-state index contributed by atoms with van der Waals surface area (Å²) >= 11 is 2.68. The molecule has 1 aromatic carbocycles. The van der Waals surface area contributed by atoms with E-state index in [1.165, 1.54) is 27.8 Å². The lowest BCUT2D eigenvalue weighted by molar-refractivity contribution is -0.128. The van der Waals surface area contributed by atoms with E-state index in [0.29, 0.717) is 34.2 Å². The van der Waals surface area contributed by atoms with E-state index in [-0.39, 0.29) is 23.8 Å². The maximum atomic E-state index is 12.9. The van der Waals surface area contributed by atoms with E-state index in [1.54, 1.807) is 11.0 Å². The summed E-state index contributed by atoms with van der Waals surface area (Å²) in [5.74, 6) is -0.190. The number of hydrogen-bond donors (Lipinski definition) is 1. The summed E-state index contributed by atoms with van der Waals surface area (Å²) in [6.45, 7) is 2.76. The fourth-order valence-electron chi connectivity index (χ4n) is 3.32. The quantitative estimate of drug-likeness (QED) is 0.482. The second-order valence-corrected chi connectivity index (χ2v) is 8.89. The maximum Gasteiger partial charge on any atom is 0.291 e. The number of likely N-dealkylation sites (tertiary alicyclic amines) is 1. The molecule has 2 aromatic heterocycles. The Morgan fingerprint density at radius 1 is 1.28 bits per heavy atom. The summed E-state index contributed by atoms with van der Waals surface area (Å²) in [6, 6.07) is 11.5. The summed E-state index contributed by atoms with van der Waals surface area (Å²) < 4.78 is 1.72. The second kappa shape index (κ2) is 8.38. The van der Waals surface area contributed by atoms with Crippen LogP contribution in [0.5, 0.6) is 0 Å². The molecule has 0 aliphatic carbocycles. The van der Waals surface area contributed by atoms with E-state index < -0.39 is 5.92 Å². The molecule has 3 aromatic rings. The Bertz CT molecular complexity index is 1110. The van der Waals surface area contributed by atoms with Crippen molar-refractivity contribution in [2.75, 3.05) is 17.7 Å². The Balaban J connectivity index is 1.52. The molecular weight excluding hydrogens is 408 g/mol. The zero-order valence-electron chi connectivity index (χ0n) is 15.8. The van der Waals surface area contributed by atoms with Gasteiger partial charge in [-0.1, -0.05) is 49.0 Å². The van der Waals surface area contributed by atoms with Gasteiger partial charge in [-0.05, 0) is 22.8 Å². The van der Waals surface area contributed by atoms with Crippen LogP contribution in [-0.2, 0) is 16.1 Å². The normalized spacial score (nSPS) is 16.5. The van der Waals surface area contributed by atoms with Crippen LogP contribution < -0.4 is 11.0 Å². The van der Waals surface area contributed by atoms with E-state index >= 15 is 0 Å². The number of carbonyl (C=O) groups is 2. The molecule has 1 saturated heterocycles. The third-order valence-electron chi connectivity index (χ3n) is 4.75. The smallest absolute Gasteiger partial charge is 0.291 e. The molecule has 1 aliphatic rings. The van der Waals surface area contributed by atoms with Crippen LogP contribution in [0, 0.1) is 5.92 Å². The Hall–Kier alpha value is -2.65. The van der Waals surface area contributed by atoms with E-state index in [9.17, 15) is 14.4 Å². The van der Waals surface area contributed by atoms with Gasteiger partial charge in [0, 0.05) is 19.5 Å². The summed E-state index contributed by atoms with van der Waals surface area (Å²) in [4.78, 5) is 44.3. The monoisotopic (exact) mass is 428 g/mol. The van der Waals surface area contributed by atoms with Gasteiger partial charge < -0.3 is 4.90 Å². The highest BCUT2D eigenvalue weighted by Crippen LogP contribution is 2.23. The summed E-state index contributed by atoms with van der Waals surface area (Å²) in [5.41, 5.74) is 4.06. The van der Waals surface area contributed by atoms with Gasteiger partial charge in [-0.3, -0.25) is 19.8 Å². The van der Waals surface area contributed by atoms with E-state index in [2.05, 4.69) is 10.4 Å². The molecule has 0 radical (unpaired) electrons. The molecule has 29 heavy (non-hydrogen) atoms. The number of aromatic nitrogens is 2. The van der Waals surface area contributed by atoms with Gasteiger partial charge >= 0.3 is 0 Å². The minimum absolute atomic E-state index is 0.0589. The number of nitrogens with one attached hydrogen (secondary N) is 1. The minimum atomic E-state index is -0.503. The van der Waals surface area contributed by atoms with Gasteiger partial charge in [0.25, 0.3) is 5.56 Å². The number of hydrogen-bond acceptors (Lipinski definition) is 6. The molecule has 7 nitrogen and oxygen atoms in total. The number of benzene rings is 1. The lowest BCUT2D eigenvalue weighted by atomic mass is 10.1. The van der Waals surface area contributed by atoms with E-state index in [4.69, 9.17) is 0 Å². The molecule has 150 valence electrons. The van der Waals surface area contributed by atoms with Crippen molar-refractivity contribution in [1.29, 1.82) is 0 Å². The first-order valence-electron chi connectivity index (χ1n) is 9.32. The van der Waals surface area contributed by atoms with Crippen LogP contribution in [0.1, 0.15) is 18.9 Å². The lowest BCUT2D eigenvalue weighted by Crippen LogP contribution is -2.38. The molecule has 0 bridgehead atoms. The zero-order valence-corrected chi connectivity index (χ0v) is 17.5. The largest absolute Gasteiger partial charge is 0.338 e. The number of carbonyl (C=O) groups excluding carboxylic acids is 2. The van der Waals surface area contributed by atoms with Gasteiger partial charge in [0.2, 0.25) is 11.8 Å². The van der Waals surface area contributed by atoms with Crippen LogP contribution >= 0.6 is 23.1 Å². The van der Waals surface area contributed by atoms with Crippen LogP contribution in [0.15, 0.2) is 51.7 Å². The predicted molar refractivity (Wildman–Crippen MR) is 115 cm³/mol. The van der Waals surface area contributed by atoms with Crippen molar-refractivity contribution in [3.63, 3.8) is 0 Å². The van der Waals surface area contributed by atoms with Crippen molar-refractivity contribution in [1.82, 2.24) is 14.6 Å².